The standard InChI is InChI=1S/C18H25FN4O.2ClH/c1-23(12-17-21-15-3-2-13(19)10-16(15)22-17)14-4-9-24-18(11-14)5-7-20-8-6-18;;/h2-3,10,14,20H,4-9,11-12H2,1H3,(H,21,22);2*1H. The fourth-order valence-corrected chi connectivity index (χ4v) is 4.08. The Hall–Kier alpha value is -0.920. The zero-order chi connectivity index (χ0) is 16.6. The summed E-state index contributed by atoms with van der Waals surface area (Å²) >= 11 is 0. The zero-order valence-corrected chi connectivity index (χ0v) is 16.6. The number of aromatic amines is 1. The lowest BCUT2D eigenvalue weighted by molar-refractivity contribution is -0.119. The van der Waals surface area contributed by atoms with Crippen molar-refractivity contribution in [3.05, 3.63) is 29.8 Å². The van der Waals surface area contributed by atoms with E-state index in [9.17, 15) is 4.39 Å². The Balaban J connectivity index is 0.00000121. The summed E-state index contributed by atoms with van der Waals surface area (Å²) in [5.74, 6) is 0.660. The van der Waals surface area contributed by atoms with E-state index in [2.05, 4.69) is 27.2 Å². The molecule has 2 saturated heterocycles. The van der Waals surface area contributed by atoms with Gasteiger partial charge in [0.05, 0.1) is 23.2 Å². The SMILES string of the molecule is CN(Cc1nc2ccc(F)cc2[nH]1)C1CCOC2(CCNCC2)C1.Cl.Cl. The van der Waals surface area contributed by atoms with E-state index >= 15 is 0 Å². The number of rotatable bonds is 3. The van der Waals surface area contributed by atoms with Gasteiger partial charge in [-0.15, -0.1) is 24.8 Å². The molecule has 4 rings (SSSR count). The van der Waals surface area contributed by atoms with Gasteiger partial charge >= 0.3 is 0 Å². The third-order valence-electron chi connectivity index (χ3n) is 5.50. The molecule has 2 N–H and O–H groups in total. The minimum absolute atomic E-state index is 0. The minimum Gasteiger partial charge on any atom is -0.375 e. The summed E-state index contributed by atoms with van der Waals surface area (Å²) in [5.41, 5.74) is 1.64. The first-order valence-electron chi connectivity index (χ1n) is 8.83. The number of fused-ring (bicyclic) bond motifs is 1. The van der Waals surface area contributed by atoms with Crippen molar-refractivity contribution in [2.45, 2.75) is 43.9 Å². The maximum atomic E-state index is 13.3. The molecule has 0 amide bonds. The van der Waals surface area contributed by atoms with Gasteiger partial charge in [0.2, 0.25) is 0 Å². The maximum absolute atomic E-state index is 13.3. The number of nitrogens with zero attached hydrogens (tertiary/aromatic N) is 2. The van der Waals surface area contributed by atoms with Crippen LogP contribution in [0.15, 0.2) is 18.2 Å². The Morgan fingerprint density at radius 3 is 2.85 bits per heavy atom. The van der Waals surface area contributed by atoms with Crippen LogP contribution in [0.1, 0.15) is 31.5 Å². The second-order valence-electron chi connectivity index (χ2n) is 7.19. The molecule has 2 fully saturated rings. The molecule has 2 aliphatic heterocycles. The van der Waals surface area contributed by atoms with Crippen LogP contribution in [0.5, 0.6) is 0 Å². The van der Waals surface area contributed by atoms with Crippen LogP contribution in [0, 0.1) is 5.82 Å². The average Bonchev–Trinajstić information content (AvgIpc) is 2.97. The first kappa shape index (κ1) is 21.4. The van der Waals surface area contributed by atoms with Crippen LogP contribution in [0.25, 0.3) is 11.0 Å². The van der Waals surface area contributed by atoms with Gasteiger partial charge in [0.15, 0.2) is 0 Å². The minimum atomic E-state index is -0.233. The number of aromatic nitrogens is 2. The third-order valence-corrected chi connectivity index (χ3v) is 5.50. The van der Waals surface area contributed by atoms with Gasteiger partial charge in [0.1, 0.15) is 11.6 Å². The molecule has 1 unspecified atom stereocenters. The summed E-state index contributed by atoms with van der Waals surface area (Å²) in [4.78, 5) is 10.2. The summed E-state index contributed by atoms with van der Waals surface area (Å²) in [6.45, 7) is 3.67. The molecule has 5 nitrogen and oxygen atoms in total. The molecule has 2 aromatic rings. The van der Waals surface area contributed by atoms with E-state index in [1.54, 1.807) is 6.07 Å². The van der Waals surface area contributed by atoms with Crippen molar-refractivity contribution < 1.29 is 9.13 Å². The molecular formula is C18H27Cl2FN4O. The van der Waals surface area contributed by atoms with Crippen molar-refractivity contribution in [3.8, 4) is 0 Å². The van der Waals surface area contributed by atoms with Gasteiger partial charge < -0.3 is 15.0 Å². The second-order valence-corrected chi connectivity index (χ2v) is 7.19. The summed E-state index contributed by atoms with van der Waals surface area (Å²) in [6.07, 6.45) is 4.34. The lowest BCUT2D eigenvalue weighted by Gasteiger charge is -2.45. The maximum Gasteiger partial charge on any atom is 0.125 e. The predicted octanol–water partition coefficient (Wildman–Crippen LogP) is 3.28. The van der Waals surface area contributed by atoms with Crippen LogP contribution in [0.4, 0.5) is 4.39 Å². The van der Waals surface area contributed by atoms with E-state index in [0.29, 0.717) is 6.04 Å². The predicted molar refractivity (Wildman–Crippen MR) is 106 cm³/mol. The number of halogens is 3. The van der Waals surface area contributed by atoms with Gasteiger partial charge in [0.25, 0.3) is 0 Å². The first-order chi connectivity index (χ1) is 11.6. The molecule has 1 aromatic heterocycles. The largest absolute Gasteiger partial charge is 0.375 e. The molecule has 1 spiro atoms. The monoisotopic (exact) mass is 404 g/mol. The molecule has 146 valence electrons. The quantitative estimate of drug-likeness (QED) is 0.823. The van der Waals surface area contributed by atoms with Crippen molar-refractivity contribution in [2.75, 3.05) is 26.7 Å². The molecule has 2 aliphatic rings. The number of benzene rings is 1. The van der Waals surface area contributed by atoms with Crippen molar-refractivity contribution in [1.29, 1.82) is 0 Å². The number of nitrogens with one attached hydrogen (secondary N) is 2. The van der Waals surface area contributed by atoms with Gasteiger partial charge in [0, 0.05) is 12.6 Å². The van der Waals surface area contributed by atoms with Crippen molar-refractivity contribution in [3.63, 3.8) is 0 Å². The lowest BCUT2D eigenvalue weighted by Crippen LogP contribution is -2.52. The Labute approximate surface area is 165 Å². The van der Waals surface area contributed by atoms with E-state index in [4.69, 9.17) is 4.74 Å². The molecule has 1 atom stereocenters. The first-order valence-corrected chi connectivity index (χ1v) is 8.83. The normalized spacial score (nSPS) is 22.2. The summed E-state index contributed by atoms with van der Waals surface area (Å²) in [6, 6.07) is 5.19. The topological polar surface area (TPSA) is 53.2 Å². The molecule has 0 radical (unpaired) electrons. The summed E-state index contributed by atoms with van der Waals surface area (Å²) in [5, 5.41) is 3.42. The average molecular weight is 405 g/mol. The van der Waals surface area contributed by atoms with Crippen molar-refractivity contribution in [2.24, 2.45) is 0 Å². The smallest absolute Gasteiger partial charge is 0.125 e. The molecule has 3 heterocycles. The molecule has 1 aromatic carbocycles. The third kappa shape index (κ3) is 4.49. The van der Waals surface area contributed by atoms with Crippen LogP contribution in [0.3, 0.4) is 0 Å². The van der Waals surface area contributed by atoms with Gasteiger partial charge in [-0.25, -0.2) is 9.37 Å². The van der Waals surface area contributed by atoms with E-state index in [0.717, 1.165) is 68.8 Å². The van der Waals surface area contributed by atoms with Gasteiger partial charge in [-0.05, 0) is 64.0 Å². The number of hydrogen-bond donors (Lipinski definition) is 2. The Kier molecular flexibility index (Phi) is 7.27. The van der Waals surface area contributed by atoms with Gasteiger partial charge in [-0.2, -0.15) is 0 Å². The van der Waals surface area contributed by atoms with Crippen LogP contribution in [-0.2, 0) is 11.3 Å². The van der Waals surface area contributed by atoms with Crippen molar-refractivity contribution >= 4 is 35.8 Å². The highest BCUT2D eigenvalue weighted by Gasteiger charge is 2.39. The number of H-pyrrole nitrogens is 1. The Bertz CT molecular complexity index is 715. The summed E-state index contributed by atoms with van der Waals surface area (Å²) in [7, 11) is 2.15. The Morgan fingerprint density at radius 1 is 1.31 bits per heavy atom. The zero-order valence-electron chi connectivity index (χ0n) is 15.0. The van der Waals surface area contributed by atoms with Crippen molar-refractivity contribution in [1.82, 2.24) is 20.2 Å². The van der Waals surface area contributed by atoms with Crippen LogP contribution < -0.4 is 5.32 Å². The number of hydrogen-bond acceptors (Lipinski definition) is 4. The molecule has 26 heavy (non-hydrogen) atoms. The second kappa shape index (κ2) is 8.85. The van der Waals surface area contributed by atoms with E-state index in [1.807, 2.05) is 0 Å². The highest BCUT2D eigenvalue weighted by atomic mass is 35.5. The highest BCUT2D eigenvalue weighted by molar-refractivity contribution is 5.85. The fourth-order valence-electron chi connectivity index (χ4n) is 4.08. The van der Waals surface area contributed by atoms with Gasteiger partial charge in [-0.1, -0.05) is 0 Å². The van der Waals surface area contributed by atoms with E-state index in [-0.39, 0.29) is 36.2 Å². The highest BCUT2D eigenvalue weighted by Crippen LogP contribution is 2.35. The molecule has 0 saturated carbocycles. The summed E-state index contributed by atoms with van der Waals surface area (Å²) < 4.78 is 19.5. The fraction of sp³-hybridized carbons (Fsp3) is 0.611. The van der Waals surface area contributed by atoms with E-state index < -0.39 is 0 Å². The number of piperidine rings is 1. The number of ether oxygens (including phenoxy) is 1. The molecule has 0 aliphatic carbocycles. The van der Waals surface area contributed by atoms with Gasteiger partial charge in [-0.3, -0.25) is 4.90 Å². The van der Waals surface area contributed by atoms with Crippen LogP contribution in [-0.4, -0.2) is 53.3 Å². The van der Waals surface area contributed by atoms with E-state index in [1.165, 1.54) is 12.1 Å². The van der Waals surface area contributed by atoms with Crippen LogP contribution >= 0.6 is 24.8 Å². The molecular weight excluding hydrogens is 378 g/mol. The van der Waals surface area contributed by atoms with Crippen LogP contribution in [0.2, 0.25) is 0 Å². The molecule has 0 bridgehead atoms. The molecule has 8 heteroatoms. The lowest BCUT2D eigenvalue weighted by atomic mass is 9.82. The number of imidazole rings is 1. The Morgan fingerprint density at radius 2 is 2.08 bits per heavy atom.